The predicted molar refractivity (Wildman–Crippen MR) is 116 cm³/mol. The van der Waals surface area contributed by atoms with E-state index in [1.54, 1.807) is 31.4 Å². The van der Waals surface area contributed by atoms with Crippen LogP contribution >= 0.6 is 11.6 Å². The Morgan fingerprint density at radius 3 is 2.45 bits per heavy atom. The van der Waals surface area contributed by atoms with Crippen molar-refractivity contribution in [2.75, 3.05) is 17.7 Å². The Hall–Kier alpha value is -3.51. The molecule has 0 aliphatic heterocycles. The highest BCUT2D eigenvalue weighted by Gasteiger charge is 2.17. The van der Waals surface area contributed by atoms with E-state index in [4.69, 9.17) is 21.3 Å². The average molecular weight is 407 g/mol. The maximum Gasteiger partial charge on any atom is 0.324 e. The van der Waals surface area contributed by atoms with Gasteiger partial charge in [0, 0.05) is 22.5 Å². The smallest absolute Gasteiger partial charge is 0.324 e. The minimum Gasteiger partial charge on any atom is -0.497 e. The van der Waals surface area contributed by atoms with E-state index in [2.05, 4.69) is 10.6 Å². The first-order chi connectivity index (χ1) is 14.0. The van der Waals surface area contributed by atoms with Gasteiger partial charge in [-0.05, 0) is 73.2 Å². The summed E-state index contributed by atoms with van der Waals surface area (Å²) in [5.41, 5.74) is 4.01. The van der Waals surface area contributed by atoms with Crippen molar-refractivity contribution >= 4 is 34.8 Å². The van der Waals surface area contributed by atoms with Crippen LogP contribution in [0.5, 0.6) is 5.75 Å². The SMILES string of the molecule is COc1ccc(-c2nc3cc(C)ccn3c2NC(=O)Nc2ccc(Cl)cc2)cc1. The predicted octanol–water partition coefficient (Wildman–Crippen LogP) is 5.62. The highest BCUT2D eigenvalue weighted by Crippen LogP contribution is 2.30. The number of carbonyl (C=O) groups is 1. The van der Waals surface area contributed by atoms with Crippen LogP contribution in [0.15, 0.2) is 66.9 Å². The Kier molecular flexibility index (Phi) is 5.10. The van der Waals surface area contributed by atoms with Crippen LogP contribution in [0.1, 0.15) is 5.56 Å². The van der Waals surface area contributed by atoms with Crippen molar-refractivity contribution in [1.29, 1.82) is 0 Å². The summed E-state index contributed by atoms with van der Waals surface area (Å²) in [6.07, 6.45) is 1.89. The average Bonchev–Trinajstić information content (AvgIpc) is 3.07. The molecule has 146 valence electrons. The van der Waals surface area contributed by atoms with Crippen LogP contribution in [0.25, 0.3) is 16.9 Å². The zero-order valence-electron chi connectivity index (χ0n) is 15.9. The number of hydrogen-bond donors (Lipinski definition) is 2. The lowest BCUT2D eigenvalue weighted by atomic mass is 10.1. The maximum atomic E-state index is 12.6. The molecule has 6 nitrogen and oxygen atoms in total. The van der Waals surface area contributed by atoms with Crippen LogP contribution in [0, 0.1) is 6.92 Å². The fraction of sp³-hybridized carbons (Fsp3) is 0.0909. The van der Waals surface area contributed by atoms with Gasteiger partial charge in [-0.25, -0.2) is 9.78 Å². The number of halogens is 1. The maximum absolute atomic E-state index is 12.6. The van der Waals surface area contributed by atoms with Gasteiger partial charge in [-0.15, -0.1) is 0 Å². The van der Waals surface area contributed by atoms with Gasteiger partial charge in [0.2, 0.25) is 0 Å². The molecule has 2 heterocycles. The van der Waals surface area contributed by atoms with Crippen molar-refractivity contribution in [3.8, 4) is 17.0 Å². The van der Waals surface area contributed by atoms with Crippen molar-refractivity contribution in [1.82, 2.24) is 9.38 Å². The number of carbonyl (C=O) groups excluding carboxylic acids is 1. The highest BCUT2D eigenvalue weighted by atomic mass is 35.5. The lowest BCUT2D eigenvalue weighted by Gasteiger charge is -2.10. The Morgan fingerprint density at radius 1 is 1.03 bits per heavy atom. The summed E-state index contributed by atoms with van der Waals surface area (Å²) in [5.74, 6) is 1.33. The molecule has 7 heteroatoms. The van der Waals surface area contributed by atoms with Crippen LogP contribution in [0.2, 0.25) is 5.02 Å². The number of nitrogens with zero attached hydrogens (tertiary/aromatic N) is 2. The third-order valence-electron chi connectivity index (χ3n) is 4.48. The van der Waals surface area contributed by atoms with E-state index in [1.165, 1.54) is 0 Å². The number of rotatable bonds is 4. The molecule has 29 heavy (non-hydrogen) atoms. The normalized spacial score (nSPS) is 10.7. The van der Waals surface area contributed by atoms with Crippen LogP contribution in [0.4, 0.5) is 16.3 Å². The second-order valence-electron chi connectivity index (χ2n) is 6.56. The van der Waals surface area contributed by atoms with Gasteiger partial charge in [0.25, 0.3) is 0 Å². The van der Waals surface area contributed by atoms with E-state index >= 15 is 0 Å². The standard InChI is InChI=1S/C22H19ClN4O2/c1-14-11-12-27-19(13-14)25-20(15-3-9-18(29-2)10-4-15)21(27)26-22(28)24-17-7-5-16(23)6-8-17/h3-13H,1-2H3,(H2,24,26,28). The van der Waals surface area contributed by atoms with E-state index < -0.39 is 0 Å². The molecule has 2 aromatic heterocycles. The molecular formula is C22H19ClN4O2. The molecule has 0 saturated carbocycles. The Morgan fingerprint density at radius 2 is 1.76 bits per heavy atom. The number of benzene rings is 2. The largest absolute Gasteiger partial charge is 0.497 e. The Labute approximate surface area is 173 Å². The third kappa shape index (κ3) is 4.02. The molecule has 0 bridgehead atoms. The van der Waals surface area contributed by atoms with Crippen molar-refractivity contribution in [2.24, 2.45) is 0 Å². The number of aromatic nitrogens is 2. The fourth-order valence-electron chi connectivity index (χ4n) is 3.02. The molecule has 4 rings (SSSR count). The molecule has 2 aromatic carbocycles. The van der Waals surface area contributed by atoms with E-state index in [0.29, 0.717) is 22.2 Å². The van der Waals surface area contributed by atoms with Gasteiger partial charge in [-0.3, -0.25) is 9.72 Å². The topological polar surface area (TPSA) is 67.7 Å². The fourth-order valence-corrected chi connectivity index (χ4v) is 3.15. The number of urea groups is 1. The number of anilines is 2. The summed E-state index contributed by atoms with van der Waals surface area (Å²) in [5, 5.41) is 6.35. The van der Waals surface area contributed by atoms with Crippen molar-refractivity contribution < 1.29 is 9.53 Å². The van der Waals surface area contributed by atoms with E-state index in [9.17, 15) is 4.79 Å². The molecule has 2 N–H and O–H groups in total. The Bertz CT molecular complexity index is 1170. The Balaban J connectivity index is 1.70. The molecule has 0 unspecified atom stereocenters. The van der Waals surface area contributed by atoms with Gasteiger partial charge in [-0.2, -0.15) is 0 Å². The number of hydrogen-bond acceptors (Lipinski definition) is 3. The first kappa shape index (κ1) is 18.8. The summed E-state index contributed by atoms with van der Waals surface area (Å²) in [6, 6.07) is 18.0. The molecule has 0 atom stereocenters. The van der Waals surface area contributed by atoms with Crippen LogP contribution in [0.3, 0.4) is 0 Å². The summed E-state index contributed by atoms with van der Waals surface area (Å²) in [7, 11) is 1.62. The summed E-state index contributed by atoms with van der Waals surface area (Å²) in [6.45, 7) is 2.00. The lowest BCUT2D eigenvalue weighted by Crippen LogP contribution is -2.20. The second-order valence-corrected chi connectivity index (χ2v) is 6.99. The molecule has 0 aliphatic rings. The zero-order valence-corrected chi connectivity index (χ0v) is 16.7. The summed E-state index contributed by atoms with van der Waals surface area (Å²) < 4.78 is 7.09. The van der Waals surface area contributed by atoms with Gasteiger partial charge in [-0.1, -0.05) is 11.6 Å². The van der Waals surface area contributed by atoms with Gasteiger partial charge in [0.05, 0.1) is 7.11 Å². The van der Waals surface area contributed by atoms with Gasteiger partial charge >= 0.3 is 6.03 Å². The van der Waals surface area contributed by atoms with Crippen LogP contribution in [-0.2, 0) is 0 Å². The molecular weight excluding hydrogens is 388 g/mol. The van der Waals surface area contributed by atoms with E-state index in [0.717, 1.165) is 22.5 Å². The minimum absolute atomic E-state index is 0.371. The van der Waals surface area contributed by atoms with Gasteiger partial charge in [0.15, 0.2) is 0 Å². The number of ether oxygens (including phenoxy) is 1. The number of imidazole rings is 1. The molecule has 0 aliphatic carbocycles. The minimum atomic E-state index is -0.371. The number of fused-ring (bicyclic) bond motifs is 1. The van der Waals surface area contributed by atoms with Gasteiger partial charge in [0.1, 0.15) is 22.9 Å². The zero-order chi connectivity index (χ0) is 20.4. The molecule has 0 spiro atoms. The first-order valence-electron chi connectivity index (χ1n) is 9.00. The summed E-state index contributed by atoms with van der Waals surface area (Å²) in [4.78, 5) is 17.4. The molecule has 2 amide bonds. The van der Waals surface area contributed by atoms with E-state index in [-0.39, 0.29) is 6.03 Å². The molecule has 4 aromatic rings. The third-order valence-corrected chi connectivity index (χ3v) is 4.73. The van der Waals surface area contributed by atoms with Crippen LogP contribution < -0.4 is 15.4 Å². The quantitative estimate of drug-likeness (QED) is 0.462. The lowest BCUT2D eigenvalue weighted by molar-refractivity contribution is 0.262. The van der Waals surface area contributed by atoms with E-state index in [1.807, 2.05) is 53.9 Å². The first-order valence-corrected chi connectivity index (χ1v) is 9.38. The van der Waals surface area contributed by atoms with Crippen molar-refractivity contribution in [3.63, 3.8) is 0 Å². The van der Waals surface area contributed by atoms with Crippen LogP contribution in [-0.4, -0.2) is 22.5 Å². The molecule has 0 saturated heterocycles. The monoisotopic (exact) mass is 406 g/mol. The number of amides is 2. The number of aryl methyl sites for hydroxylation is 1. The van der Waals surface area contributed by atoms with Crippen molar-refractivity contribution in [2.45, 2.75) is 6.92 Å². The number of nitrogens with one attached hydrogen (secondary N) is 2. The highest BCUT2D eigenvalue weighted by molar-refractivity contribution is 6.30. The van der Waals surface area contributed by atoms with Crippen molar-refractivity contribution in [3.05, 3.63) is 77.4 Å². The number of pyridine rings is 1. The molecule has 0 radical (unpaired) electrons. The summed E-state index contributed by atoms with van der Waals surface area (Å²) >= 11 is 5.90. The second kappa shape index (κ2) is 7.85. The molecule has 0 fully saturated rings. The van der Waals surface area contributed by atoms with Gasteiger partial charge < -0.3 is 10.1 Å². The number of methoxy groups -OCH3 is 1.